The van der Waals surface area contributed by atoms with E-state index in [4.69, 9.17) is 14.2 Å². The highest BCUT2D eigenvalue weighted by atomic mass is 16.5. The molecule has 5 heteroatoms. The van der Waals surface area contributed by atoms with E-state index in [1.807, 2.05) is 25.1 Å². The highest BCUT2D eigenvalue weighted by molar-refractivity contribution is 5.43. The van der Waals surface area contributed by atoms with E-state index in [9.17, 15) is 5.11 Å². The second-order valence-corrected chi connectivity index (χ2v) is 5.80. The van der Waals surface area contributed by atoms with E-state index in [0.717, 1.165) is 23.5 Å². The van der Waals surface area contributed by atoms with Crippen molar-refractivity contribution in [3.8, 4) is 11.5 Å². The van der Waals surface area contributed by atoms with Crippen LogP contribution >= 0.6 is 0 Å². The summed E-state index contributed by atoms with van der Waals surface area (Å²) in [4.78, 5) is 0. The van der Waals surface area contributed by atoms with Crippen LogP contribution in [0, 0.1) is 0 Å². The number of fused-ring (bicyclic) bond motifs is 1. The lowest BCUT2D eigenvalue weighted by molar-refractivity contribution is -0.0262. The highest BCUT2D eigenvalue weighted by Crippen LogP contribution is 2.30. The van der Waals surface area contributed by atoms with Crippen LogP contribution in [0.4, 0.5) is 0 Å². The first-order valence-electron chi connectivity index (χ1n) is 7.61. The van der Waals surface area contributed by atoms with Gasteiger partial charge in [-0.1, -0.05) is 6.07 Å². The first-order chi connectivity index (χ1) is 10.2. The van der Waals surface area contributed by atoms with Crippen LogP contribution in [0.1, 0.15) is 25.3 Å². The number of aliphatic hydroxyl groups is 1. The Morgan fingerprint density at radius 3 is 2.81 bits per heavy atom. The van der Waals surface area contributed by atoms with Gasteiger partial charge in [0, 0.05) is 32.5 Å². The lowest BCUT2D eigenvalue weighted by Gasteiger charge is -2.26. The molecule has 0 saturated carbocycles. The molecule has 0 amide bonds. The van der Waals surface area contributed by atoms with Gasteiger partial charge in [0.15, 0.2) is 11.5 Å². The molecular weight excluding hydrogens is 270 g/mol. The molecule has 1 fully saturated rings. The maximum atomic E-state index is 10.4. The molecule has 1 aromatic carbocycles. The average molecular weight is 293 g/mol. The van der Waals surface area contributed by atoms with Crippen LogP contribution in [0.3, 0.4) is 0 Å². The monoisotopic (exact) mass is 293 g/mol. The third-order valence-corrected chi connectivity index (χ3v) is 4.23. The van der Waals surface area contributed by atoms with E-state index in [0.29, 0.717) is 39.3 Å². The summed E-state index contributed by atoms with van der Waals surface area (Å²) in [7, 11) is 0. The lowest BCUT2D eigenvalue weighted by atomic mass is 9.96. The minimum absolute atomic E-state index is 0.117. The first-order valence-corrected chi connectivity index (χ1v) is 7.61. The molecule has 5 nitrogen and oxygen atoms in total. The predicted octanol–water partition coefficient (Wildman–Crippen LogP) is 1.48. The molecule has 0 bridgehead atoms. The molecular formula is C16H23NO4. The summed E-state index contributed by atoms with van der Waals surface area (Å²) >= 11 is 0. The SMILES string of the molecule is CC1OCCC1(O)CNCc1ccc2c(c1)OCCCO2. The number of hydrogen-bond acceptors (Lipinski definition) is 5. The standard InChI is InChI=1S/C16H23NO4/c1-12-16(18,5-8-19-12)11-17-10-13-3-4-14-15(9-13)21-7-2-6-20-14/h3-4,9,12,17-18H,2,5-8,10-11H2,1H3. The van der Waals surface area contributed by atoms with Gasteiger partial charge in [0.1, 0.15) is 5.60 Å². The van der Waals surface area contributed by atoms with Crippen LogP contribution < -0.4 is 14.8 Å². The van der Waals surface area contributed by atoms with Gasteiger partial charge in [-0.25, -0.2) is 0 Å². The number of nitrogens with one attached hydrogen (secondary N) is 1. The van der Waals surface area contributed by atoms with Crippen molar-refractivity contribution in [2.24, 2.45) is 0 Å². The van der Waals surface area contributed by atoms with Crippen molar-refractivity contribution in [1.29, 1.82) is 0 Å². The van der Waals surface area contributed by atoms with E-state index < -0.39 is 5.60 Å². The molecule has 2 N–H and O–H groups in total. The summed E-state index contributed by atoms with van der Waals surface area (Å²) in [5.74, 6) is 1.62. The van der Waals surface area contributed by atoms with E-state index >= 15 is 0 Å². The molecule has 0 aliphatic carbocycles. The van der Waals surface area contributed by atoms with Crippen LogP contribution in [0.5, 0.6) is 11.5 Å². The molecule has 1 saturated heterocycles. The molecule has 21 heavy (non-hydrogen) atoms. The largest absolute Gasteiger partial charge is 0.490 e. The van der Waals surface area contributed by atoms with Gasteiger partial charge in [0.05, 0.1) is 19.3 Å². The van der Waals surface area contributed by atoms with E-state index in [1.165, 1.54) is 0 Å². The van der Waals surface area contributed by atoms with Crippen molar-refractivity contribution >= 4 is 0 Å². The maximum Gasteiger partial charge on any atom is 0.161 e. The molecule has 0 radical (unpaired) electrons. The average Bonchev–Trinajstić information content (AvgIpc) is 2.68. The zero-order valence-corrected chi connectivity index (χ0v) is 12.4. The fourth-order valence-corrected chi connectivity index (χ4v) is 2.74. The molecule has 0 spiro atoms. The van der Waals surface area contributed by atoms with Gasteiger partial charge in [-0.2, -0.15) is 0 Å². The molecule has 2 aliphatic rings. The van der Waals surface area contributed by atoms with Crippen LogP contribution in [-0.2, 0) is 11.3 Å². The smallest absolute Gasteiger partial charge is 0.161 e. The molecule has 116 valence electrons. The van der Waals surface area contributed by atoms with E-state index in [1.54, 1.807) is 0 Å². The quantitative estimate of drug-likeness (QED) is 0.880. The number of hydrogen-bond donors (Lipinski definition) is 2. The summed E-state index contributed by atoms with van der Waals surface area (Å²) in [6, 6.07) is 5.99. The van der Waals surface area contributed by atoms with Gasteiger partial charge in [-0.3, -0.25) is 0 Å². The maximum absolute atomic E-state index is 10.4. The predicted molar refractivity (Wildman–Crippen MR) is 78.7 cm³/mol. The zero-order chi connectivity index (χ0) is 14.7. The molecule has 1 aromatic rings. The van der Waals surface area contributed by atoms with Crippen LogP contribution in [0.2, 0.25) is 0 Å². The number of rotatable bonds is 4. The summed E-state index contributed by atoms with van der Waals surface area (Å²) in [5.41, 5.74) is 0.361. The zero-order valence-electron chi connectivity index (χ0n) is 12.4. The Kier molecular flexibility index (Phi) is 4.33. The van der Waals surface area contributed by atoms with Crippen molar-refractivity contribution in [3.05, 3.63) is 23.8 Å². The summed E-state index contributed by atoms with van der Waals surface area (Å²) in [6.45, 7) is 5.16. The molecule has 2 unspecified atom stereocenters. The molecule has 0 aromatic heterocycles. The van der Waals surface area contributed by atoms with Crippen molar-refractivity contribution in [2.75, 3.05) is 26.4 Å². The van der Waals surface area contributed by atoms with E-state index in [-0.39, 0.29) is 6.10 Å². The fourth-order valence-electron chi connectivity index (χ4n) is 2.74. The molecule has 3 rings (SSSR count). The van der Waals surface area contributed by atoms with Crippen molar-refractivity contribution in [2.45, 2.75) is 38.0 Å². The normalized spacial score (nSPS) is 28.4. The Bertz CT molecular complexity index is 493. The first kappa shape index (κ1) is 14.6. The van der Waals surface area contributed by atoms with Gasteiger partial charge in [0.2, 0.25) is 0 Å². The van der Waals surface area contributed by atoms with Crippen LogP contribution in [-0.4, -0.2) is 43.2 Å². The number of ether oxygens (including phenoxy) is 3. The second kappa shape index (κ2) is 6.22. The summed E-state index contributed by atoms with van der Waals surface area (Å²) in [6.07, 6.45) is 1.48. The Labute approximate surface area is 125 Å². The van der Waals surface area contributed by atoms with Gasteiger partial charge < -0.3 is 24.6 Å². The third kappa shape index (κ3) is 3.31. The minimum Gasteiger partial charge on any atom is -0.490 e. The Morgan fingerprint density at radius 2 is 2.05 bits per heavy atom. The Morgan fingerprint density at radius 1 is 1.24 bits per heavy atom. The van der Waals surface area contributed by atoms with Gasteiger partial charge >= 0.3 is 0 Å². The van der Waals surface area contributed by atoms with Gasteiger partial charge in [0.25, 0.3) is 0 Å². The Balaban J connectivity index is 1.57. The van der Waals surface area contributed by atoms with Gasteiger partial charge in [-0.05, 0) is 24.6 Å². The summed E-state index contributed by atoms with van der Waals surface area (Å²) < 4.78 is 16.7. The van der Waals surface area contributed by atoms with Crippen molar-refractivity contribution in [1.82, 2.24) is 5.32 Å². The minimum atomic E-state index is -0.759. The molecule has 2 aliphatic heterocycles. The van der Waals surface area contributed by atoms with Gasteiger partial charge in [-0.15, -0.1) is 0 Å². The van der Waals surface area contributed by atoms with Crippen molar-refractivity contribution < 1.29 is 19.3 Å². The fraction of sp³-hybridized carbons (Fsp3) is 0.625. The lowest BCUT2D eigenvalue weighted by Crippen LogP contribution is -2.45. The topological polar surface area (TPSA) is 60.0 Å². The third-order valence-electron chi connectivity index (χ3n) is 4.23. The Hall–Kier alpha value is -1.30. The van der Waals surface area contributed by atoms with Crippen LogP contribution in [0.25, 0.3) is 0 Å². The highest BCUT2D eigenvalue weighted by Gasteiger charge is 2.38. The molecule has 2 atom stereocenters. The summed E-state index contributed by atoms with van der Waals surface area (Å²) in [5, 5.41) is 13.7. The van der Waals surface area contributed by atoms with E-state index in [2.05, 4.69) is 5.32 Å². The molecule has 2 heterocycles. The van der Waals surface area contributed by atoms with Crippen molar-refractivity contribution in [3.63, 3.8) is 0 Å². The second-order valence-electron chi connectivity index (χ2n) is 5.80. The number of benzene rings is 1. The van der Waals surface area contributed by atoms with Crippen LogP contribution in [0.15, 0.2) is 18.2 Å².